The van der Waals surface area contributed by atoms with Crippen molar-refractivity contribution in [1.82, 2.24) is 15.3 Å². The lowest BCUT2D eigenvalue weighted by Crippen LogP contribution is -2.40. The lowest BCUT2D eigenvalue weighted by molar-refractivity contribution is 0.0926. The Balaban J connectivity index is 1.55. The van der Waals surface area contributed by atoms with Crippen molar-refractivity contribution in [3.05, 3.63) is 35.5 Å². The fourth-order valence-electron chi connectivity index (χ4n) is 3.83. The first-order valence-corrected chi connectivity index (χ1v) is 11.4. The zero-order valence-electron chi connectivity index (χ0n) is 19.8. The van der Waals surface area contributed by atoms with E-state index in [1.54, 1.807) is 18.2 Å². The molecule has 1 saturated carbocycles. The van der Waals surface area contributed by atoms with E-state index >= 15 is 0 Å². The van der Waals surface area contributed by atoms with Crippen molar-refractivity contribution in [2.24, 2.45) is 0 Å². The third-order valence-corrected chi connectivity index (χ3v) is 5.57. The molecule has 1 heterocycles. The van der Waals surface area contributed by atoms with Gasteiger partial charge < -0.3 is 25.0 Å². The van der Waals surface area contributed by atoms with Crippen molar-refractivity contribution < 1.29 is 14.3 Å². The van der Waals surface area contributed by atoms with E-state index in [9.17, 15) is 4.79 Å². The van der Waals surface area contributed by atoms with Crippen LogP contribution in [0.1, 0.15) is 55.5 Å². The number of nitrogens with one attached hydrogen (secondary N) is 2. The van der Waals surface area contributed by atoms with Gasteiger partial charge in [-0.1, -0.05) is 0 Å². The second kappa shape index (κ2) is 11.0. The van der Waals surface area contributed by atoms with Crippen molar-refractivity contribution >= 4 is 17.7 Å². The topological polar surface area (TPSA) is 88.6 Å². The van der Waals surface area contributed by atoms with Crippen LogP contribution in [0, 0.1) is 6.92 Å². The van der Waals surface area contributed by atoms with E-state index in [4.69, 9.17) is 9.47 Å². The summed E-state index contributed by atoms with van der Waals surface area (Å²) in [5.41, 5.74) is 1.62. The molecule has 0 spiro atoms. The van der Waals surface area contributed by atoms with Gasteiger partial charge in [0.15, 0.2) is 11.5 Å². The molecule has 1 aromatic carbocycles. The van der Waals surface area contributed by atoms with Crippen molar-refractivity contribution in [3.63, 3.8) is 0 Å². The number of benzene rings is 1. The van der Waals surface area contributed by atoms with E-state index in [-0.39, 0.29) is 11.9 Å². The van der Waals surface area contributed by atoms with Gasteiger partial charge in [0.1, 0.15) is 5.82 Å². The van der Waals surface area contributed by atoms with Gasteiger partial charge >= 0.3 is 0 Å². The number of amides is 1. The summed E-state index contributed by atoms with van der Waals surface area (Å²) < 4.78 is 11.2. The van der Waals surface area contributed by atoms with Gasteiger partial charge in [-0.15, -0.1) is 0 Å². The molecule has 8 heteroatoms. The summed E-state index contributed by atoms with van der Waals surface area (Å²) in [4.78, 5) is 23.7. The van der Waals surface area contributed by atoms with E-state index < -0.39 is 0 Å². The Hall–Kier alpha value is -3.03. The van der Waals surface area contributed by atoms with Crippen molar-refractivity contribution in [1.29, 1.82) is 0 Å². The summed E-state index contributed by atoms with van der Waals surface area (Å²) in [6.45, 7) is 6.92. The summed E-state index contributed by atoms with van der Waals surface area (Å²) in [7, 11) is 3.87. The van der Waals surface area contributed by atoms with Crippen LogP contribution in [0.4, 0.5) is 11.8 Å². The molecule has 0 atom stereocenters. The molecule has 1 amide bonds. The molecule has 0 aliphatic heterocycles. The first-order valence-electron chi connectivity index (χ1n) is 11.4. The van der Waals surface area contributed by atoms with Crippen LogP contribution in [0.5, 0.6) is 11.5 Å². The second-order valence-electron chi connectivity index (χ2n) is 8.29. The number of nitrogens with zero attached hydrogens (tertiary/aromatic N) is 3. The Labute approximate surface area is 190 Å². The van der Waals surface area contributed by atoms with Crippen molar-refractivity contribution in [2.45, 2.75) is 58.5 Å². The maximum atomic E-state index is 12.8. The number of carbonyl (C=O) groups is 1. The second-order valence-corrected chi connectivity index (χ2v) is 8.29. The molecule has 32 heavy (non-hydrogen) atoms. The van der Waals surface area contributed by atoms with Gasteiger partial charge in [-0.25, -0.2) is 4.98 Å². The predicted molar refractivity (Wildman–Crippen MR) is 127 cm³/mol. The largest absolute Gasteiger partial charge is 0.490 e. The highest BCUT2D eigenvalue weighted by Gasteiger charge is 2.24. The van der Waals surface area contributed by atoms with Gasteiger partial charge in [0, 0.05) is 43.5 Å². The number of ether oxygens (including phenoxy) is 2. The molecular weight excluding hydrogens is 406 g/mol. The molecule has 1 fully saturated rings. The van der Waals surface area contributed by atoms with Crippen LogP contribution >= 0.6 is 0 Å². The monoisotopic (exact) mass is 441 g/mol. The molecule has 8 nitrogen and oxygen atoms in total. The average molecular weight is 442 g/mol. The maximum absolute atomic E-state index is 12.8. The summed E-state index contributed by atoms with van der Waals surface area (Å²) >= 11 is 0. The molecule has 1 aliphatic carbocycles. The number of hydrogen-bond acceptors (Lipinski definition) is 7. The summed E-state index contributed by atoms with van der Waals surface area (Å²) in [6.07, 6.45) is 5.63. The molecule has 2 N–H and O–H groups in total. The van der Waals surface area contributed by atoms with Crippen molar-refractivity contribution in [2.75, 3.05) is 37.5 Å². The SMILES string of the molecule is CCOc1ccc(C(=O)N[C@H]2CC[C@@H](Nc3nc(N(C)C)ncc3C)CC2)cc1OCC. The molecule has 0 saturated heterocycles. The van der Waals surface area contributed by atoms with Crippen LogP contribution in [-0.2, 0) is 0 Å². The minimum absolute atomic E-state index is 0.0762. The number of carbonyl (C=O) groups excluding carboxylic acids is 1. The van der Waals surface area contributed by atoms with Gasteiger partial charge in [-0.3, -0.25) is 4.79 Å². The Morgan fingerprint density at radius 2 is 1.72 bits per heavy atom. The van der Waals surface area contributed by atoms with Gasteiger partial charge in [0.25, 0.3) is 5.91 Å². The Morgan fingerprint density at radius 1 is 1.06 bits per heavy atom. The zero-order chi connectivity index (χ0) is 23.1. The first-order chi connectivity index (χ1) is 15.4. The molecule has 1 aromatic heterocycles. The normalized spacial score (nSPS) is 18.0. The smallest absolute Gasteiger partial charge is 0.251 e. The van der Waals surface area contributed by atoms with E-state index in [2.05, 4.69) is 20.6 Å². The number of aryl methyl sites for hydroxylation is 1. The minimum Gasteiger partial charge on any atom is -0.490 e. The van der Waals surface area contributed by atoms with Gasteiger partial charge in [0.05, 0.1) is 13.2 Å². The van der Waals surface area contributed by atoms with E-state index in [0.717, 1.165) is 37.1 Å². The van der Waals surface area contributed by atoms with E-state index in [1.807, 2.05) is 46.0 Å². The highest BCUT2D eigenvalue weighted by atomic mass is 16.5. The fourth-order valence-corrected chi connectivity index (χ4v) is 3.83. The maximum Gasteiger partial charge on any atom is 0.251 e. The van der Waals surface area contributed by atoms with E-state index in [0.29, 0.717) is 42.3 Å². The number of hydrogen-bond donors (Lipinski definition) is 2. The molecule has 0 bridgehead atoms. The summed E-state index contributed by atoms with van der Waals surface area (Å²) in [6, 6.07) is 5.84. The van der Waals surface area contributed by atoms with Crippen LogP contribution in [0.3, 0.4) is 0 Å². The average Bonchev–Trinajstić information content (AvgIpc) is 2.78. The van der Waals surface area contributed by atoms with E-state index in [1.165, 1.54) is 0 Å². The van der Waals surface area contributed by atoms with Gasteiger partial charge in [-0.2, -0.15) is 4.98 Å². The molecule has 174 valence electrons. The molecule has 0 radical (unpaired) electrons. The zero-order valence-corrected chi connectivity index (χ0v) is 19.8. The predicted octanol–water partition coefficient (Wildman–Crippen LogP) is 3.80. The van der Waals surface area contributed by atoms with Crippen LogP contribution in [-0.4, -0.2) is 55.3 Å². The minimum atomic E-state index is -0.0762. The first kappa shape index (κ1) is 23.6. The third-order valence-electron chi connectivity index (χ3n) is 5.57. The van der Waals surface area contributed by atoms with Crippen LogP contribution in [0.25, 0.3) is 0 Å². The molecular formula is C24H35N5O3. The highest BCUT2D eigenvalue weighted by molar-refractivity contribution is 5.95. The highest BCUT2D eigenvalue weighted by Crippen LogP contribution is 2.29. The Kier molecular flexibility index (Phi) is 8.14. The lowest BCUT2D eigenvalue weighted by Gasteiger charge is -2.30. The van der Waals surface area contributed by atoms with Crippen LogP contribution in [0.15, 0.2) is 24.4 Å². The quantitative estimate of drug-likeness (QED) is 0.612. The van der Waals surface area contributed by atoms with Crippen LogP contribution < -0.4 is 25.0 Å². The summed E-state index contributed by atoms with van der Waals surface area (Å²) in [5, 5.41) is 6.75. The van der Waals surface area contributed by atoms with Gasteiger partial charge in [0.2, 0.25) is 5.95 Å². The molecule has 0 unspecified atom stereocenters. The standard InChI is InChI=1S/C24H35N5O3/c1-6-31-20-13-8-17(14-21(20)32-7-2)23(30)27-19-11-9-18(10-12-19)26-22-16(3)15-25-24(28-22)29(4)5/h8,13-15,18-19H,6-7,9-12H2,1-5H3,(H,27,30)(H,25,26,28)/t18-,19+. The molecule has 2 aromatic rings. The molecule has 1 aliphatic rings. The van der Waals surface area contributed by atoms with Crippen LogP contribution in [0.2, 0.25) is 0 Å². The summed E-state index contributed by atoms with van der Waals surface area (Å²) in [5.74, 6) is 2.77. The number of anilines is 2. The number of rotatable bonds is 9. The van der Waals surface area contributed by atoms with Gasteiger partial charge in [-0.05, 0) is 64.7 Å². The van der Waals surface area contributed by atoms with Crippen molar-refractivity contribution in [3.8, 4) is 11.5 Å². The molecule has 3 rings (SSSR count). The third kappa shape index (κ3) is 6.02. The number of aromatic nitrogens is 2. The Morgan fingerprint density at radius 3 is 2.38 bits per heavy atom. The Bertz CT molecular complexity index is 911. The lowest BCUT2D eigenvalue weighted by atomic mass is 9.91. The fraction of sp³-hybridized carbons (Fsp3) is 0.542.